The van der Waals surface area contributed by atoms with Crippen molar-refractivity contribution in [1.82, 2.24) is 24.4 Å². The van der Waals surface area contributed by atoms with Crippen LogP contribution in [0.2, 0.25) is 5.02 Å². The average Bonchev–Trinajstić information content (AvgIpc) is 2.82. The van der Waals surface area contributed by atoms with Gasteiger partial charge in [0, 0.05) is 44.1 Å². The minimum absolute atomic E-state index is 0.0218. The van der Waals surface area contributed by atoms with Gasteiger partial charge in [-0.2, -0.15) is 4.98 Å². The minimum atomic E-state index is -0.826. The van der Waals surface area contributed by atoms with Crippen molar-refractivity contribution in [2.45, 2.75) is 0 Å². The highest BCUT2D eigenvalue weighted by atomic mass is 35.5. The molecule has 3 heterocycles. The Morgan fingerprint density at radius 3 is 2.54 bits per heavy atom. The topological polar surface area (TPSA) is 140 Å². The van der Waals surface area contributed by atoms with E-state index in [1.807, 2.05) is 12.1 Å². The summed E-state index contributed by atoms with van der Waals surface area (Å²) in [5.41, 5.74) is -0.107. The molecular formula is C23H22ClN7O4. The Bertz CT molecular complexity index is 1540. The SMILES string of the molecule is CN1CCN(c2ccc(Nc3ncc4c(=O)n(-c5cc(O)ccc5O)c(=O)[nH]c4n3)cc2Cl)CC1. The van der Waals surface area contributed by atoms with Gasteiger partial charge in [-0.1, -0.05) is 11.6 Å². The fourth-order valence-electron chi connectivity index (χ4n) is 3.99. The first-order valence-electron chi connectivity index (χ1n) is 10.8. The van der Waals surface area contributed by atoms with Crippen LogP contribution >= 0.6 is 11.6 Å². The van der Waals surface area contributed by atoms with Gasteiger partial charge in [0.05, 0.1) is 16.4 Å². The van der Waals surface area contributed by atoms with E-state index in [2.05, 4.69) is 37.1 Å². The predicted molar refractivity (Wildman–Crippen MR) is 134 cm³/mol. The van der Waals surface area contributed by atoms with Gasteiger partial charge in [0.2, 0.25) is 5.95 Å². The van der Waals surface area contributed by atoms with Gasteiger partial charge in [0.1, 0.15) is 16.9 Å². The van der Waals surface area contributed by atoms with Crippen molar-refractivity contribution in [3.8, 4) is 17.2 Å². The number of H-pyrrole nitrogens is 1. The van der Waals surface area contributed by atoms with Crippen molar-refractivity contribution in [2.24, 2.45) is 0 Å². The van der Waals surface area contributed by atoms with Crippen LogP contribution in [-0.4, -0.2) is 67.9 Å². The Hall–Kier alpha value is -4.09. The molecule has 0 spiro atoms. The van der Waals surface area contributed by atoms with Crippen molar-refractivity contribution in [3.05, 3.63) is 68.5 Å². The number of likely N-dealkylation sites (N-methyl/N-ethyl adjacent to an activating group) is 1. The van der Waals surface area contributed by atoms with Crippen LogP contribution in [0.1, 0.15) is 0 Å². The molecule has 0 unspecified atom stereocenters. The van der Waals surface area contributed by atoms with Gasteiger partial charge in [-0.3, -0.25) is 9.78 Å². The number of nitrogens with zero attached hydrogens (tertiary/aromatic N) is 5. The fourth-order valence-corrected chi connectivity index (χ4v) is 4.29. The quantitative estimate of drug-likeness (QED) is 0.313. The maximum Gasteiger partial charge on any atom is 0.334 e. The van der Waals surface area contributed by atoms with E-state index >= 15 is 0 Å². The van der Waals surface area contributed by atoms with Crippen LogP contribution in [0.25, 0.3) is 16.7 Å². The number of aromatic amines is 1. The van der Waals surface area contributed by atoms with Crippen LogP contribution in [0.15, 0.2) is 52.2 Å². The van der Waals surface area contributed by atoms with Crippen molar-refractivity contribution in [3.63, 3.8) is 0 Å². The number of rotatable bonds is 4. The lowest BCUT2D eigenvalue weighted by Crippen LogP contribution is -2.44. The van der Waals surface area contributed by atoms with Crippen LogP contribution in [0.3, 0.4) is 0 Å². The number of nitrogens with one attached hydrogen (secondary N) is 2. The second-order valence-corrected chi connectivity index (χ2v) is 8.69. The molecule has 12 heteroatoms. The molecule has 0 aliphatic carbocycles. The minimum Gasteiger partial charge on any atom is -0.508 e. The van der Waals surface area contributed by atoms with Crippen LogP contribution < -0.4 is 21.5 Å². The van der Waals surface area contributed by atoms with E-state index in [1.165, 1.54) is 18.3 Å². The van der Waals surface area contributed by atoms with Crippen LogP contribution in [0.5, 0.6) is 11.5 Å². The molecule has 2 aromatic heterocycles. The number of piperazine rings is 1. The van der Waals surface area contributed by atoms with Crippen molar-refractivity contribution in [1.29, 1.82) is 0 Å². The van der Waals surface area contributed by atoms with Crippen LogP contribution in [-0.2, 0) is 0 Å². The van der Waals surface area contributed by atoms with Crippen molar-refractivity contribution >= 4 is 40.0 Å². The van der Waals surface area contributed by atoms with Crippen molar-refractivity contribution < 1.29 is 10.2 Å². The van der Waals surface area contributed by atoms with Gasteiger partial charge in [0.15, 0.2) is 5.65 Å². The number of phenolic OH excluding ortho intramolecular Hbond substituents is 2. The highest BCUT2D eigenvalue weighted by molar-refractivity contribution is 6.33. The molecule has 4 N–H and O–H groups in total. The lowest BCUT2D eigenvalue weighted by molar-refractivity contribution is 0.313. The number of benzene rings is 2. The molecule has 2 aromatic carbocycles. The summed E-state index contributed by atoms with van der Waals surface area (Å²) in [6.07, 6.45) is 1.28. The molecule has 0 saturated carbocycles. The molecule has 0 bridgehead atoms. The number of aromatic hydroxyl groups is 2. The molecule has 1 saturated heterocycles. The summed E-state index contributed by atoms with van der Waals surface area (Å²) < 4.78 is 0.713. The van der Waals surface area contributed by atoms with Gasteiger partial charge < -0.3 is 25.3 Å². The highest BCUT2D eigenvalue weighted by Gasteiger charge is 2.18. The lowest BCUT2D eigenvalue weighted by Gasteiger charge is -2.34. The first-order valence-corrected chi connectivity index (χ1v) is 11.2. The Morgan fingerprint density at radius 1 is 1.03 bits per heavy atom. The first kappa shape index (κ1) is 22.7. The smallest absolute Gasteiger partial charge is 0.334 e. The van der Waals surface area contributed by atoms with E-state index in [0.29, 0.717) is 15.3 Å². The Morgan fingerprint density at radius 2 is 1.80 bits per heavy atom. The van der Waals surface area contributed by atoms with E-state index in [-0.39, 0.29) is 34.2 Å². The molecule has 1 fully saturated rings. The van der Waals surface area contributed by atoms with Gasteiger partial charge in [-0.15, -0.1) is 0 Å². The maximum absolute atomic E-state index is 13.0. The number of anilines is 3. The molecule has 11 nitrogen and oxygen atoms in total. The van der Waals surface area contributed by atoms with Crippen molar-refractivity contribution in [2.75, 3.05) is 43.4 Å². The van der Waals surface area contributed by atoms with E-state index in [9.17, 15) is 19.8 Å². The number of aromatic nitrogens is 4. The van der Waals surface area contributed by atoms with E-state index < -0.39 is 11.2 Å². The number of hydrogen-bond acceptors (Lipinski definition) is 9. The predicted octanol–water partition coefficient (Wildman–Crippen LogP) is 2.03. The first-order chi connectivity index (χ1) is 16.8. The molecule has 0 amide bonds. The Kier molecular flexibility index (Phi) is 5.79. The highest BCUT2D eigenvalue weighted by Crippen LogP contribution is 2.30. The summed E-state index contributed by atoms with van der Waals surface area (Å²) in [7, 11) is 2.09. The number of fused-ring (bicyclic) bond motifs is 1. The summed E-state index contributed by atoms with van der Waals surface area (Å²) in [6, 6.07) is 9.10. The summed E-state index contributed by atoms with van der Waals surface area (Å²) in [5, 5.41) is 23.4. The van der Waals surface area contributed by atoms with Gasteiger partial charge in [-0.25, -0.2) is 14.3 Å². The molecule has 5 rings (SSSR count). The maximum atomic E-state index is 13.0. The molecule has 0 radical (unpaired) electrons. The third kappa shape index (κ3) is 4.38. The molecular weight excluding hydrogens is 474 g/mol. The molecule has 1 aliphatic rings. The Balaban J connectivity index is 1.45. The summed E-state index contributed by atoms with van der Waals surface area (Å²) >= 11 is 6.54. The third-order valence-corrected chi connectivity index (χ3v) is 6.20. The average molecular weight is 496 g/mol. The zero-order chi connectivity index (χ0) is 24.7. The molecule has 0 atom stereocenters. The van der Waals surface area contributed by atoms with E-state index in [1.54, 1.807) is 6.07 Å². The standard InChI is InChI=1S/C23H22ClN7O4/c1-29-6-8-30(9-7-29)17-4-2-13(10-16(17)24)26-22-25-12-15-20(27-22)28-23(35)31(21(15)34)18-11-14(32)3-5-19(18)33/h2-5,10-12,32-33H,6-9H2,1H3,(H2,25,26,27,28,35). The fraction of sp³-hybridized carbons (Fsp3) is 0.217. The lowest BCUT2D eigenvalue weighted by atomic mass is 10.2. The van der Waals surface area contributed by atoms with E-state index in [0.717, 1.165) is 37.9 Å². The zero-order valence-corrected chi connectivity index (χ0v) is 19.5. The second-order valence-electron chi connectivity index (χ2n) is 8.28. The van der Waals surface area contributed by atoms with Gasteiger partial charge in [-0.05, 0) is 37.4 Å². The summed E-state index contributed by atoms with van der Waals surface area (Å²) in [6.45, 7) is 3.71. The number of halogens is 1. The van der Waals surface area contributed by atoms with Gasteiger partial charge >= 0.3 is 5.69 Å². The number of hydrogen-bond donors (Lipinski definition) is 4. The van der Waals surface area contributed by atoms with E-state index in [4.69, 9.17) is 11.6 Å². The largest absolute Gasteiger partial charge is 0.508 e. The second kappa shape index (κ2) is 8.93. The third-order valence-electron chi connectivity index (χ3n) is 5.90. The molecule has 35 heavy (non-hydrogen) atoms. The molecule has 4 aromatic rings. The van der Waals surface area contributed by atoms with Crippen LogP contribution in [0, 0.1) is 0 Å². The molecule has 180 valence electrons. The zero-order valence-electron chi connectivity index (χ0n) is 18.7. The van der Waals surface area contributed by atoms with Gasteiger partial charge in [0.25, 0.3) is 5.56 Å². The Labute approximate surface area is 203 Å². The summed E-state index contributed by atoms with van der Waals surface area (Å²) in [5.74, 6) is -0.392. The van der Waals surface area contributed by atoms with Crippen LogP contribution in [0.4, 0.5) is 17.3 Å². The molecule has 1 aliphatic heterocycles. The summed E-state index contributed by atoms with van der Waals surface area (Å²) in [4.78, 5) is 41.1. The normalized spacial score (nSPS) is 14.4. The monoisotopic (exact) mass is 495 g/mol. The number of phenols is 2.